The summed E-state index contributed by atoms with van der Waals surface area (Å²) in [6, 6.07) is 14.3. The van der Waals surface area contributed by atoms with Crippen LogP contribution in [0.25, 0.3) is 0 Å². The predicted octanol–water partition coefficient (Wildman–Crippen LogP) is 4.20. The van der Waals surface area contributed by atoms with Gasteiger partial charge in [0.1, 0.15) is 6.07 Å². The molecule has 0 saturated heterocycles. The van der Waals surface area contributed by atoms with Gasteiger partial charge in [-0.05, 0) is 40.2 Å². The molecule has 0 aromatic heterocycles. The maximum Gasteiger partial charge on any atom is 0.162 e. The van der Waals surface area contributed by atoms with Crippen LogP contribution >= 0.6 is 15.9 Å². The lowest BCUT2D eigenvalue weighted by molar-refractivity contribution is 0.624. The van der Waals surface area contributed by atoms with Gasteiger partial charge < -0.3 is 5.32 Å². The van der Waals surface area contributed by atoms with E-state index in [1.165, 1.54) is 0 Å². The van der Waals surface area contributed by atoms with Crippen molar-refractivity contribution in [2.24, 2.45) is 0 Å². The van der Waals surface area contributed by atoms with E-state index in [-0.39, 0.29) is 10.0 Å². The van der Waals surface area contributed by atoms with Crippen LogP contribution in [-0.2, 0) is 0 Å². The van der Waals surface area contributed by atoms with Crippen LogP contribution in [0.1, 0.15) is 5.56 Å². The molecule has 0 bridgehead atoms. The van der Waals surface area contributed by atoms with Crippen LogP contribution in [-0.4, -0.2) is 0 Å². The predicted molar refractivity (Wildman–Crippen MR) is 68.5 cm³/mol. The van der Waals surface area contributed by atoms with Crippen molar-refractivity contribution in [1.29, 1.82) is 5.26 Å². The number of nitrogens with one attached hydrogen (secondary N) is 1. The number of nitriles is 1. The van der Waals surface area contributed by atoms with E-state index >= 15 is 0 Å². The Bertz CT molecular complexity index is 576. The first-order valence-corrected chi connectivity index (χ1v) is 5.72. The normalized spacial score (nSPS) is 9.71. The molecule has 0 aliphatic rings. The van der Waals surface area contributed by atoms with Gasteiger partial charge in [-0.1, -0.05) is 18.2 Å². The number of nitrogens with zero attached hydrogens (tertiary/aromatic N) is 1. The summed E-state index contributed by atoms with van der Waals surface area (Å²) in [5.41, 5.74) is 1.41. The van der Waals surface area contributed by atoms with Crippen molar-refractivity contribution in [2.45, 2.75) is 0 Å². The van der Waals surface area contributed by atoms with Gasteiger partial charge in [0.2, 0.25) is 0 Å². The molecule has 17 heavy (non-hydrogen) atoms. The van der Waals surface area contributed by atoms with E-state index in [1.54, 1.807) is 12.1 Å². The van der Waals surface area contributed by atoms with Crippen LogP contribution in [0.3, 0.4) is 0 Å². The molecule has 0 unspecified atom stereocenters. The van der Waals surface area contributed by atoms with E-state index in [2.05, 4.69) is 21.2 Å². The topological polar surface area (TPSA) is 35.8 Å². The molecule has 0 fully saturated rings. The molecular formula is C13H8BrFN2. The van der Waals surface area contributed by atoms with Crippen LogP contribution in [0.5, 0.6) is 0 Å². The second-order valence-corrected chi connectivity index (χ2v) is 4.18. The van der Waals surface area contributed by atoms with Gasteiger partial charge in [0, 0.05) is 5.69 Å². The summed E-state index contributed by atoms with van der Waals surface area (Å²) in [6.45, 7) is 0. The Labute approximate surface area is 107 Å². The maximum atomic E-state index is 13.9. The third-order valence-corrected chi connectivity index (χ3v) is 3.03. The smallest absolute Gasteiger partial charge is 0.162 e. The fourth-order valence-electron chi connectivity index (χ4n) is 1.41. The Kier molecular flexibility index (Phi) is 3.40. The number of anilines is 2. The zero-order valence-electron chi connectivity index (χ0n) is 8.74. The SMILES string of the molecule is N#Cc1ccc(Nc2ccccc2)c(F)c1Br. The van der Waals surface area contributed by atoms with Gasteiger partial charge >= 0.3 is 0 Å². The number of hydrogen-bond acceptors (Lipinski definition) is 2. The van der Waals surface area contributed by atoms with Gasteiger partial charge in [-0.25, -0.2) is 4.39 Å². The van der Waals surface area contributed by atoms with Gasteiger partial charge in [0.05, 0.1) is 15.7 Å². The van der Waals surface area contributed by atoms with Crippen molar-refractivity contribution in [3.05, 3.63) is 58.3 Å². The highest BCUT2D eigenvalue weighted by molar-refractivity contribution is 9.10. The summed E-state index contributed by atoms with van der Waals surface area (Å²) in [6.07, 6.45) is 0. The number of benzene rings is 2. The second kappa shape index (κ2) is 4.98. The molecule has 2 rings (SSSR count). The molecular weight excluding hydrogens is 283 g/mol. The molecule has 0 heterocycles. The molecule has 0 spiro atoms. The average molecular weight is 291 g/mol. The van der Waals surface area contributed by atoms with Crippen molar-refractivity contribution < 1.29 is 4.39 Å². The van der Waals surface area contributed by atoms with E-state index in [0.717, 1.165) is 5.69 Å². The molecule has 0 amide bonds. The minimum absolute atomic E-state index is 0.181. The number of rotatable bonds is 2. The van der Waals surface area contributed by atoms with Crippen LogP contribution in [0.4, 0.5) is 15.8 Å². The number of hydrogen-bond donors (Lipinski definition) is 1. The lowest BCUT2D eigenvalue weighted by Gasteiger charge is -2.09. The zero-order valence-corrected chi connectivity index (χ0v) is 10.3. The van der Waals surface area contributed by atoms with Crippen LogP contribution in [0.2, 0.25) is 0 Å². The molecule has 2 aromatic rings. The van der Waals surface area contributed by atoms with Crippen molar-refractivity contribution in [2.75, 3.05) is 5.32 Å². The molecule has 0 atom stereocenters. The summed E-state index contributed by atoms with van der Waals surface area (Å²) in [5.74, 6) is -0.465. The minimum Gasteiger partial charge on any atom is -0.353 e. The van der Waals surface area contributed by atoms with Gasteiger partial charge in [0.25, 0.3) is 0 Å². The summed E-state index contributed by atoms with van der Waals surface area (Å²) in [4.78, 5) is 0. The Morgan fingerprint density at radius 2 is 1.82 bits per heavy atom. The van der Waals surface area contributed by atoms with Gasteiger partial charge in [-0.3, -0.25) is 0 Å². The highest BCUT2D eigenvalue weighted by Gasteiger charge is 2.10. The summed E-state index contributed by atoms with van der Waals surface area (Å²) in [7, 11) is 0. The quantitative estimate of drug-likeness (QED) is 0.900. The summed E-state index contributed by atoms with van der Waals surface area (Å²) < 4.78 is 14.1. The first kappa shape index (κ1) is 11.6. The first-order valence-electron chi connectivity index (χ1n) is 4.92. The fourth-order valence-corrected chi connectivity index (χ4v) is 1.84. The summed E-state index contributed by atoms with van der Waals surface area (Å²) in [5, 5.41) is 11.7. The number of halogens is 2. The van der Waals surface area contributed by atoms with Crippen molar-refractivity contribution in [3.8, 4) is 6.07 Å². The molecule has 2 nitrogen and oxygen atoms in total. The van der Waals surface area contributed by atoms with E-state index < -0.39 is 5.82 Å². The van der Waals surface area contributed by atoms with E-state index in [9.17, 15) is 4.39 Å². The molecule has 0 saturated carbocycles. The largest absolute Gasteiger partial charge is 0.353 e. The van der Waals surface area contributed by atoms with Crippen molar-refractivity contribution in [1.82, 2.24) is 0 Å². The molecule has 0 aliphatic carbocycles. The highest BCUT2D eigenvalue weighted by atomic mass is 79.9. The zero-order chi connectivity index (χ0) is 12.3. The summed E-state index contributed by atoms with van der Waals surface area (Å²) >= 11 is 3.07. The molecule has 0 radical (unpaired) electrons. The minimum atomic E-state index is -0.465. The van der Waals surface area contributed by atoms with E-state index in [1.807, 2.05) is 36.4 Å². The molecule has 0 aliphatic heterocycles. The van der Waals surface area contributed by atoms with Gasteiger partial charge in [-0.15, -0.1) is 0 Å². The van der Waals surface area contributed by atoms with Crippen molar-refractivity contribution in [3.63, 3.8) is 0 Å². The third kappa shape index (κ3) is 2.45. The number of para-hydroxylation sites is 1. The Morgan fingerprint density at radius 3 is 2.47 bits per heavy atom. The van der Waals surface area contributed by atoms with E-state index in [0.29, 0.717) is 5.69 Å². The lowest BCUT2D eigenvalue weighted by atomic mass is 10.2. The average Bonchev–Trinajstić information content (AvgIpc) is 2.37. The van der Waals surface area contributed by atoms with Gasteiger partial charge in [-0.2, -0.15) is 5.26 Å². The Hall–Kier alpha value is -1.86. The highest BCUT2D eigenvalue weighted by Crippen LogP contribution is 2.28. The van der Waals surface area contributed by atoms with Gasteiger partial charge in [0.15, 0.2) is 5.82 Å². The third-order valence-electron chi connectivity index (χ3n) is 2.26. The fraction of sp³-hybridized carbons (Fsp3) is 0. The van der Waals surface area contributed by atoms with Crippen molar-refractivity contribution >= 4 is 27.3 Å². The molecule has 84 valence electrons. The Morgan fingerprint density at radius 1 is 1.12 bits per heavy atom. The molecule has 2 aromatic carbocycles. The van der Waals surface area contributed by atoms with Crippen LogP contribution in [0, 0.1) is 17.1 Å². The lowest BCUT2D eigenvalue weighted by Crippen LogP contribution is -1.95. The molecule has 1 N–H and O–H groups in total. The monoisotopic (exact) mass is 290 g/mol. The standard InChI is InChI=1S/C13H8BrFN2/c14-12-9(8-16)6-7-11(13(12)15)17-10-4-2-1-3-5-10/h1-7,17H. The first-order chi connectivity index (χ1) is 8.22. The second-order valence-electron chi connectivity index (χ2n) is 3.39. The van der Waals surface area contributed by atoms with Crippen LogP contribution < -0.4 is 5.32 Å². The van der Waals surface area contributed by atoms with Crippen LogP contribution in [0.15, 0.2) is 46.9 Å². The Balaban J connectivity index is 2.36. The molecule has 4 heteroatoms. The maximum absolute atomic E-state index is 13.9. The van der Waals surface area contributed by atoms with E-state index in [4.69, 9.17) is 5.26 Å².